The zero-order chi connectivity index (χ0) is 11.7. The first-order chi connectivity index (χ1) is 8.36. The average molecular weight is 240 g/mol. The molecule has 0 saturated carbocycles. The fourth-order valence-corrected chi connectivity index (χ4v) is 3.13. The van der Waals surface area contributed by atoms with Crippen molar-refractivity contribution in [1.82, 2.24) is 0 Å². The van der Waals surface area contributed by atoms with Gasteiger partial charge in [0.2, 0.25) is 0 Å². The summed E-state index contributed by atoms with van der Waals surface area (Å²) in [7, 11) is 0. The molecular weight excluding hydrogens is 228 g/mol. The predicted octanol–water partition coefficient (Wildman–Crippen LogP) is 3.18. The summed E-state index contributed by atoms with van der Waals surface area (Å²) in [6.07, 6.45) is 1.11. The van der Waals surface area contributed by atoms with E-state index in [0.29, 0.717) is 0 Å². The lowest BCUT2D eigenvalue weighted by Gasteiger charge is -2.29. The largest absolute Gasteiger partial charge is 0.367 e. The molecule has 0 aliphatic carbocycles. The highest BCUT2D eigenvalue weighted by atomic mass is 32.1. The van der Waals surface area contributed by atoms with Gasteiger partial charge in [-0.25, -0.2) is 0 Å². The molecule has 17 heavy (non-hydrogen) atoms. The second-order valence-electron chi connectivity index (χ2n) is 4.20. The number of thiophene rings is 1. The van der Waals surface area contributed by atoms with Crippen molar-refractivity contribution in [3.63, 3.8) is 0 Å². The van der Waals surface area contributed by atoms with Gasteiger partial charge in [0.25, 0.3) is 0 Å². The Hall–Kier alpha value is -1.79. The van der Waals surface area contributed by atoms with Gasteiger partial charge < -0.3 is 4.90 Å². The lowest BCUT2D eigenvalue weighted by Crippen LogP contribution is -2.29. The number of benzene rings is 1. The highest BCUT2D eigenvalue weighted by molar-refractivity contribution is 7.10. The van der Waals surface area contributed by atoms with Crippen molar-refractivity contribution in [3.05, 3.63) is 51.7 Å². The van der Waals surface area contributed by atoms with Crippen molar-refractivity contribution in [3.8, 4) is 6.07 Å². The molecule has 2 nitrogen and oxygen atoms in total. The topological polar surface area (TPSA) is 27.0 Å². The first-order valence-electron chi connectivity index (χ1n) is 5.67. The van der Waals surface area contributed by atoms with Gasteiger partial charge >= 0.3 is 0 Å². The Morgan fingerprint density at radius 1 is 1.29 bits per heavy atom. The van der Waals surface area contributed by atoms with Gasteiger partial charge in [-0.05, 0) is 41.6 Å². The van der Waals surface area contributed by atoms with Gasteiger partial charge in [-0.3, -0.25) is 0 Å². The fraction of sp³-hybridized carbons (Fsp3) is 0.214. The third-order valence-corrected chi connectivity index (χ3v) is 4.17. The van der Waals surface area contributed by atoms with Crippen LogP contribution in [0.5, 0.6) is 0 Å². The minimum atomic E-state index is 0.735. The normalized spacial score (nSPS) is 14.2. The molecule has 3 heteroatoms. The Balaban J connectivity index is 1.89. The van der Waals surface area contributed by atoms with Crippen LogP contribution in [0.15, 0.2) is 35.7 Å². The van der Waals surface area contributed by atoms with E-state index >= 15 is 0 Å². The van der Waals surface area contributed by atoms with Gasteiger partial charge in [0.1, 0.15) is 0 Å². The monoisotopic (exact) mass is 240 g/mol. The van der Waals surface area contributed by atoms with Crippen LogP contribution in [-0.2, 0) is 13.0 Å². The Labute approximate surface area is 105 Å². The van der Waals surface area contributed by atoms with E-state index in [0.717, 1.165) is 30.8 Å². The number of hydrogen-bond donors (Lipinski definition) is 0. The van der Waals surface area contributed by atoms with Crippen molar-refractivity contribution >= 4 is 17.0 Å². The number of rotatable bonds is 1. The van der Waals surface area contributed by atoms with E-state index in [1.54, 1.807) is 0 Å². The number of anilines is 1. The van der Waals surface area contributed by atoms with E-state index in [-0.39, 0.29) is 0 Å². The van der Waals surface area contributed by atoms with Crippen molar-refractivity contribution in [1.29, 1.82) is 5.26 Å². The molecule has 84 valence electrons. The molecule has 0 amide bonds. The van der Waals surface area contributed by atoms with E-state index < -0.39 is 0 Å². The molecule has 2 aromatic rings. The van der Waals surface area contributed by atoms with Gasteiger partial charge in [0.05, 0.1) is 11.6 Å². The Morgan fingerprint density at radius 3 is 3.12 bits per heavy atom. The number of nitrogens with zero attached hydrogens (tertiary/aromatic N) is 2. The SMILES string of the molecule is N#Cc1cccc(N2CCc3sccc3C2)c1. The van der Waals surface area contributed by atoms with Gasteiger partial charge in [-0.15, -0.1) is 11.3 Å². The minimum absolute atomic E-state index is 0.735. The van der Waals surface area contributed by atoms with Crippen LogP contribution in [-0.4, -0.2) is 6.54 Å². The molecule has 0 saturated heterocycles. The van der Waals surface area contributed by atoms with Crippen LogP contribution in [0.4, 0.5) is 5.69 Å². The molecule has 2 heterocycles. The Bertz CT molecular complexity index is 580. The van der Waals surface area contributed by atoms with Crippen LogP contribution in [0, 0.1) is 11.3 Å². The third kappa shape index (κ3) is 1.92. The smallest absolute Gasteiger partial charge is 0.0992 e. The van der Waals surface area contributed by atoms with Crippen LogP contribution in [0.25, 0.3) is 0 Å². The maximum atomic E-state index is 8.92. The van der Waals surface area contributed by atoms with Gasteiger partial charge in [0, 0.05) is 23.7 Å². The highest BCUT2D eigenvalue weighted by Gasteiger charge is 2.17. The summed E-state index contributed by atoms with van der Waals surface area (Å²) in [4.78, 5) is 3.85. The van der Waals surface area contributed by atoms with Crippen molar-refractivity contribution in [2.75, 3.05) is 11.4 Å². The second kappa shape index (κ2) is 4.23. The van der Waals surface area contributed by atoms with E-state index in [1.807, 2.05) is 29.5 Å². The molecule has 1 aromatic carbocycles. The summed E-state index contributed by atoms with van der Waals surface area (Å²) in [5, 5.41) is 11.1. The molecule has 0 atom stereocenters. The number of fused-ring (bicyclic) bond motifs is 1. The second-order valence-corrected chi connectivity index (χ2v) is 5.20. The molecule has 1 aliphatic heterocycles. The van der Waals surface area contributed by atoms with E-state index in [4.69, 9.17) is 5.26 Å². The summed E-state index contributed by atoms with van der Waals surface area (Å²) in [5.41, 5.74) is 3.32. The van der Waals surface area contributed by atoms with Crippen LogP contribution in [0.3, 0.4) is 0 Å². The van der Waals surface area contributed by atoms with Crippen LogP contribution >= 0.6 is 11.3 Å². The minimum Gasteiger partial charge on any atom is -0.367 e. The van der Waals surface area contributed by atoms with Crippen LogP contribution in [0.1, 0.15) is 16.0 Å². The van der Waals surface area contributed by atoms with E-state index in [2.05, 4.69) is 28.5 Å². The zero-order valence-corrected chi connectivity index (χ0v) is 10.2. The summed E-state index contributed by atoms with van der Waals surface area (Å²) < 4.78 is 0. The van der Waals surface area contributed by atoms with Crippen molar-refractivity contribution < 1.29 is 0 Å². The number of hydrogen-bond acceptors (Lipinski definition) is 3. The molecular formula is C14H12N2S. The standard InChI is InChI=1S/C14H12N2S/c15-9-11-2-1-3-13(8-11)16-6-4-14-12(10-16)5-7-17-14/h1-3,5,7-8H,4,6,10H2. The maximum absolute atomic E-state index is 8.92. The lowest BCUT2D eigenvalue weighted by atomic mass is 10.1. The highest BCUT2D eigenvalue weighted by Crippen LogP contribution is 2.27. The average Bonchev–Trinajstić information content (AvgIpc) is 2.86. The molecule has 1 aliphatic rings. The predicted molar refractivity (Wildman–Crippen MR) is 70.2 cm³/mol. The summed E-state index contributed by atoms with van der Waals surface area (Å²) >= 11 is 1.85. The Kier molecular flexibility index (Phi) is 2.58. The molecule has 0 spiro atoms. The molecule has 0 N–H and O–H groups in total. The molecule has 3 rings (SSSR count). The van der Waals surface area contributed by atoms with Crippen LogP contribution in [0.2, 0.25) is 0 Å². The number of nitriles is 1. The zero-order valence-electron chi connectivity index (χ0n) is 9.39. The quantitative estimate of drug-likeness (QED) is 0.765. The van der Waals surface area contributed by atoms with E-state index in [1.165, 1.54) is 10.4 Å². The molecule has 0 fully saturated rings. The molecule has 0 bridgehead atoms. The molecule has 0 unspecified atom stereocenters. The van der Waals surface area contributed by atoms with E-state index in [9.17, 15) is 0 Å². The van der Waals surface area contributed by atoms with Gasteiger partial charge in [0.15, 0.2) is 0 Å². The fourth-order valence-electron chi connectivity index (χ4n) is 2.24. The van der Waals surface area contributed by atoms with Crippen molar-refractivity contribution in [2.45, 2.75) is 13.0 Å². The van der Waals surface area contributed by atoms with Gasteiger partial charge in [-0.1, -0.05) is 6.07 Å². The summed E-state index contributed by atoms with van der Waals surface area (Å²) in [6.45, 7) is 2.01. The maximum Gasteiger partial charge on any atom is 0.0992 e. The van der Waals surface area contributed by atoms with Gasteiger partial charge in [-0.2, -0.15) is 5.26 Å². The molecule has 1 aromatic heterocycles. The Morgan fingerprint density at radius 2 is 2.24 bits per heavy atom. The van der Waals surface area contributed by atoms with Crippen LogP contribution < -0.4 is 4.90 Å². The summed E-state index contributed by atoms with van der Waals surface area (Å²) in [6, 6.07) is 12.3. The van der Waals surface area contributed by atoms with Crippen molar-refractivity contribution in [2.24, 2.45) is 0 Å². The summed E-state index contributed by atoms with van der Waals surface area (Å²) in [5.74, 6) is 0. The first kappa shape index (κ1) is 10.4. The first-order valence-corrected chi connectivity index (χ1v) is 6.55. The molecule has 0 radical (unpaired) electrons. The lowest BCUT2D eigenvalue weighted by molar-refractivity contribution is 0.744. The third-order valence-electron chi connectivity index (χ3n) is 3.15.